The van der Waals surface area contributed by atoms with E-state index in [1.165, 1.54) is 30.8 Å². The Kier molecular flexibility index (Phi) is 6.44. The van der Waals surface area contributed by atoms with Crippen LogP contribution >= 0.6 is 11.6 Å². The lowest BCUT2D eigenvalue weighted by Crippen LogP contribution is -2.27. The molecule has 0 fully saturated rings. The zero-order chi connectivity index (χ0) is 19.5. The van der Waals surface area contributed by atoms with Gasteiger partial charge in [0.05, 0.1) is 21.5 Å². The molecule has 0 radical (unpaired) electrons. The molecule has 2 N–H and O–H groups in total. The van der Waals surface area contributed by atoms with E-state index in [4.69, 9.17) is 11.6 Å². The topological polar surface area (TPSA) is 75.3 Å². The van der Waals surface area contributed by atoms with E-state index in [0.717, 1.165) is 5.56 Å². The minimum absolute atomic E-state index is 0.0107. The zero-order valence-corrected chi connectivity index (χ0v) is 16.8. The van der Waals surface area contributed by atoms with Crippen LogP contribution in [-0.4, -0.2) is 21.4 Å². The largest absolute Gasteiger partial charge is 0.345 e. The van der Waals surface area contributed by atoms with Crippen LogP contribution in [-0.2, 0) is 10.0 Å². The summed E-state index contributed by atoms with van der Waals surface area (Å²) in [4.78, 5) is 12.6. The van der Waals surface area contributed by atoms with E-state index in [9.17, 15) is 13.2 Å². The highest BCUT2D eigenvalue weighted by atomic mass is 35.5. The molecule has 7 heteroatoms. The quantitative estimate of drug-likeness (QED) is 0.781. The van der Waals surface area contributed by atoms with Gasteiger partial charge in [-0.1, -0.05) is 49.7 Å². The first-order valence-electron chi connectivity index (χ1n) is 8.29. The number of hydrogen-bond acceptors (Lipinski definition) is 3. The number of nitrogens with one attached hydrogen (secondary N) is 2. The fraction of sp³-hybridized carbons (Fsp3) is 0.316. The standard InChI is InChI=1S/C19H23ClN2O3S/c1-12(2)14-5-7-15(8-6-14)13(3)22-19(23)17-11-16(9-10-18(17)20)26(24,25)21-4/h5-13,21H,1-4H3,(H,22,23). The van der Waals surface area contributed by atoms with Crippen LogP contribution in [0.4, 0.5) is 0 Å². The second-order valence-corrected chi connectivity index (χ2v) is 8.66. The third-order valence-corrected chi connectivity index (χ3v) is 5.95. The summed E-state index contributed by atoms with van der Waals surface area (Å²) in [6, 6.07) is 11.8. The van der Waals surface area contributed by atoms with Crippen molar-refractivity contribution in [1.82, 2.24) is 10.0 Å². The summed E-state index contributed by atoms with van der Waals surface area (Å²) in [5, 5.41) is 3.05. The molecule has 0 aliphatic heterocycles. The van der Waals surface area contributed by atoms with Gasteiger partial charge in [0.1, 0.15) is 0 Å². The van der Waals surface area contributed by atoms with Gasteiger partial charge in [-0.25, -0.2) is 13.1 Å². The highest BCUT2D eigenvalue weighted by Gasteiger charge is 2.19. The van der Waals surface area contributed by atoms with Crippen LogP contribution < -0.4 is 10.0 Å². The zero-order valence-electron chi connectivity index (χ0n) is 15.2. The summed E-state index contributed by atoms with van der Waals surface area (Å²) < 4.78 is 26.1. The number of hydrogen-bond donors (Lipinski definition) is 2. The lowest BCUT2D eigenvalue weighted by Gasteiger charge is -2.16. The second kappa shape index (κ2) is 8.20. The summed E-state index contributed by atoms with van der Waals surface area (Å²) in [5.41, 5.74) is 2.30. The molecule has 2 aromatic rings. The van der Waals surface area contributed by atoms with Crippen molar-refractivity contribution in [2.45, 2.75) is 37.6 Å². The molecule has 2 rings (SSSR count). The van der Waals surface area contributed by atoms with Crippen LogP contribution in [0.25, 0.3) is 0 Å². The second-order valence-electron chi connectivity index (χ2n) is 6.37. The smallest absolute Gasteiger partial charge is 0.253 e. The Morgan fingerprint density at radius 2 is 1.58 bits per heavy atom. The molecule has 140 valence electrons. The van der Waals surface area contributed by atoms with Crippen LogP contribution in [0.1, 0.15) is 54.2 Å². The number of halogens is 1. The predicted octanol–water partition coefficient (Wildman–Crippen LogP) is 3.86. The van der Waals surface area contributed by atoms with Crippen molar-refractivity contribution in [2.24, 2.45) is 0 Å². The Balaban J connectivity index is 2.22. The van der Waals surface area contributed by atoms with E-state index in [-0.39, 0.29) is 21.5 Å². The van der Waals surface area contributed by atoms with Gasteiger partial charge >= 0.3 is 0 Å². The lowest BCUT2D eigenvalue weighted by molar-refractivity contribution is 0.0940. The monoisotopic (exact) mass is 394 g/mol. The van der Waals surface area contributed by atoms with E-state index >= 15 is 0 Å². The molecular formula is C19H23ClN2O3S. The maximum absolute atomic E-state index is 12.6. The van der Waals surface area contributed by atoms with Crippen molar-refractivity contribution >= 4 is 27.5 Å². The number of sulfonamides is 1. The van der Waals surface area contributed by atoms with E-state index in [2.05, 4.69) is 23.9 Å². The minimum atomic E-state index is -3.65. The average Bonchev–Trinajstić information content (AvgIpc) is 2.61. The van der Waals surface area contributed by atoms with E-state index in [1.54, 1.807) is 0 Å². The van der Waals surface area contributed by atoms with Gasteiger partial charge in [0.25, 0.3) is 5.91 Å². The van der Waals surface area contributed by atoms with Gasteiger partial charge in [0.15, 0.2) is 0 Å². The number of amides is 1. The summed E-state index contributed by atoms with van der Waals surface area (Å²) in [6.07, 6.45) is 0. The Morgan fingerprint density at radius 1 is 1.00 bits per heavy atom. The molecule has 1 unspecified atom stereocenters. The Labute approximate surface area is 159 Å². The maximum Gasteiger partial charge on any atom is 0.253 e. The maximum atomic E-state index is 12.6. The van der Waals surface area contributed by atoms with Gasteiger partial charge in [-0.05, 0) is 49.2 Å². The Bertz CT molecular complexity index is 894. The molecule has 0 bridgehead atoms. The lowest BCUT2D eigenvalue weighted by atomic mass is 9.99. The molecule has 0 aromatic heterocycles. The van der Waals surface area contributed by atoms with Gasteiger partial charge in [0.2, 0.25) is 10.0 Å². The van der Waals surface area contributed by atoms with Crippen LogP contribution in [0.5, 0.6) is 0 Å². The van der Waals surface area contributed by atoms with Crippen molar-refractivity contribution < 1.29 is 13.2 Å². The third kappa shape index (κ3) is 4.63. The number of carbonyl (C=O) groups is 1. The average molecular weight is 395 g/mol. The van der Waals surface area contributed by atoms with Gasteiger partial charge < -0.3 is 5.32 Å². The van der Waals surface area contributed by atoms with Crippen LogP contribution in [0, 0.1) is 0 Å². The summed E-state index contributed by atoms with van der Waals surface area (Å²) in [7, 11) is -2.34. The third-order valence-electron chi connectivity index (χ3n) is 4.21. The summed E-state index contributed by atoms with van der Waals surface area (Å²) in [6.45, 7) is 6.10. The first kappa shape index (κ1) is 20.4. The molecular weight excluding hydrogens is 372 g/mol. The van der Waals surface area contributed by atoms with Crippen LogP contribution in [0.15, 0.2) is 47.4 Å². The van der Waals surface area contributed by atoms with Crippen LogP contribution in [0.2, 0.25) is 5.02 Å². The predicted molar refractivity (Wildman–Crippen MR) is 104 cm³/mol. The molecule has 0 saturated carbocycles. The molecule has 0 aliphatic rings. The van der Waals surface area contributed by atoms with E-state index in [0.29, 0.717) is 5.92 Å². The Morgan fingerprint density at radius 3 is 2.12 bits per heavy atom. The van der Waals surface area contributed by atoms with Crippen molar-refractivity contribution in [3.63, 3.8) is 0 Å². The van der Waals surface area contributed by atoms with Gasteiger partial charge in [0, 0.05) is 0 Å². The van der Waals surface area contributed by atoms with E-state index in [1.807, 2.05) is 31.2 Å². The number of benzene rings is 2. The first-order valence-corrected chi connectivity index (χ1v) is 10.2. The van der Waals surface area contributed by atoms with E-state index < -0.39 is 15.9 Å². The highest BCUT2D eigenvalue weighted by Crippen LogP contribution is 2.23. The fourth-order valence-corrected chi connectivity index (χ4v) is 3.45. The molecule has 26 heavy (non-hydrogen) atoms. The number of carbonyl (C=O) groups excluding carboxylic acids is 1. The molecule has 0 saturated heterocycles. The molecule has 0 aliphatic carbocycles. The van der Waals surface area contributed by atoms with Crippen molar-refractivity contribution in [1.29, 1.82) is 0 Å². The summed E-state index contributed by atoms with van der Waals surface area (Å²) in [5.74, 6) is 0.00760. The van der Waals surface area contributed by atoms with Crippen molar-refractivity contribution in [2.75, 3.05) is 7.05 Å². The fourth-order valence-electron chi connectivity index (χ4n) is 2.49. The van der Waals surface area contributed by atoms with Gasteiger partial charge in [-0.2, -0.15) is 0 Å². The Hall–Kier alpha value is -1.89. The molecule has 1 atom stereocenters. The van der Waals surface area contributed by atoms with Crippen molar-refractivity contribution in [3.8, 4) is 0 Å². The van der Waals surface area contributed by atoms with Gasteiger partial charge in [-0.15, -0.1) is 0 Å². The summed E-state index contributed by atoms with van der Waals surface area (Å²) >= 11 is 6.09. The van der Waals surface area contributed by atoms with Crippen molar-refractivity contribution in [3.05, 3.63) is 64.2 Å². The number of rotatable bonds is 6. The van der Waals surface area contributed by atoms with Crippen LogP contribution in [0.3, 0.4) is 0 Å². The SMILES string of the molecule is CNS(=O)(=O)c1ccc(Cl)c(C(=O)NC(C)c2ccc(C(C)C)cc2)c1. The normalized spacial score (nSPS) is 12.8. The molecule has 5 nitrogen and oxygen atoms in total. The highest BCUT2D eigenvalue weighted by molar-refractivity contribution is 7.89. The molecule has 2 aromatic carbocycles. The van der Waals surface area contributed by atoms with Gasteiger partial charge in [-0.3, -0.25) is 4.79 Å². The molecule has 0 heterocycles. The first-order chi connectivity index (χ1) is 12.2. The minimum Gasteiger partial charge on any atom is -0.345 e. The molecule has 0 spiro atoms. The molecule has 1 amide bonds.